The van der Waals surface area contributed by atoms with E-state index in [1.54, 1.807) is 18.2 Å². The molecule has 0 aliphatic heterocycles. The lowest BCUT2D eigenvalue weighted by molar-refractivity contribution is -0.138. The second-order valence-corrected chi connectivity index (χ2v) is 4.30. The molecule has 6 heteroatoms. The third kappa shape index (κ3) is 3.35. The van der Waals surface area contributed by atoms with Crippen LogP contribution >= 0.6 is 23.2 Å². The average Bonchev–Trinajstić information content (AvgIpc) is 2.16. The van der Waals surface area contributed by atoms with Crippen LogP contribution in [0, 0.1) is 0 Å². The number of nitrogens with two attached hydrogens (primary N) is 2. The summed E-state index contributed by atoms with van der Waals surface area (Å²) < 4.78 is 0. The second kappa shape index (κ2) is 5.50. The molecule has 0 saturated heterocycles. The molecule has 5 N–H and O–H groups in total. The van der Waals surface area contributed by atoms with Gasteiger partial charge in [0.15, 0.2) is 0 Å². The molecule has 88 valence electrons. The van der Waals surface area contributed by atoms with E-state index in [9.17, 15) is 4.79 Å². The summed E-state index contributed by atoms with van der Waals surface area (Å²) in [5.41, 5.74) is 11.8. The van der Waals surface area contributed by atoms with Crippen molar-refractivity contribution in [3.8, 4) is 0 Å². The fraction of sp³-hybridized carbons (Fsp3) is 0.300. The third-order valence-corrected chi connectivity index (χ3v) is 2.75. The number of hydrogen-bond acceptors (Lipinski definition) is 3. The summed E-state index contributed by atoms with van der Waals surface area (Å²) in [6, 6.07) is 3.36. The molecule has 0 radical (unpaired) electrons. The van der Waals surface area contributed by atoms with Crippen LogP contribution in [-0.2, 0) is 4.79 Å². The van der Waals surface area contributed by atoms with Gasteiger partial charge in [0.25, 0.3) is 0 Å². The van der Waals surface area contributed by atoms with Crippen LogP contribution in [0.25, 0.3) is 0 Å². The van der Waals surface area contributed by atoms with Crippen LogP contribution in [0.1, 0.15) is 18.0 Å². The predicted octanol–water partition coefficient (Wildman–Crippen LogP) is 1.80. The number of rotatable bonds is 4. The van der Waals surface area contributed by atoms with E-state index in [0.29, 0.717) is 15.6 Å². The maximum Gasteiger partial charge on any atom is 0.320 e. The molecular formula is C10H12Cl2N2O2. The highest BCUT2D eigenvalue weighted by atomic mass is 35.5. The molecule has 2 unspecified atom stereocenters. The first-order valence-corrected chi connectivity index (χ1v) is 5.36. The lowest BCUT2D eigenvalue weighted by Gasteiger charge is -2.16. The fourth-order valence-electron chi connectivity index (χ4n) is 1.30. The smallest absolute Gasteiger partial charge is 0.320 e. The number of carboxylic acid groups (broad SMARTS) is 1. The number of carbonyl (C=O) groups is 1. The maximum absolute atomic E-state index is 10.6. The monoisotopic (exact) mass is 262 g/mol. The molecule has 0 aliphatic rings. The van der Waals surface area contributed by atoms with Crippen LogP contribution in [0.2, 0.25) is 10.0 Å². The highest BCUT2D eigenvalue weighted by Gasteiger charge is 2.18. The lowest BCUT2D eigenvalue weighted by atomic mass is 10.0. The van der Waals surface area contributed by atoms with Crippen molar-refractivity contribution >= 4 is 29.2 Å². The molecule has 0 spiro atoms. The zero-order valence-electron chi connectivity index (χ0n) is 8.36. The Morgan fingerprint density at radius 1 is 1.38 bits per heavy atom. The van der Waals surface area contributed by atoms with Crippen LogP contribution in [0.5, 0.6) is 0 Å². The average molecular weight is 263 g/mol. The Balaban J connectivity index is 2.80. The molecule has 1 aromatic rings. The van der Waals surface area contributed by atoms with Gasteiger partial charge in [-0.1, -0.05) is 29.3 Å². The van der Waals surface area contributed by atoms with E-state index in [1.165, 1.54) is 0 Å². The molecule has 1 rings (SSSR count). The molecule has 2 atom stereocenters. The van der Waals surface area contributed by atoms with E-state index >= 15 is 0 Å². The normalized spacial score (nSPS) is 14.5. The van der Waals surface area contributed by atoms with Crippen molar-refractivity contribution < 1.29 is 9.90 Å². The quantitative estimate of drug-likeness (QED) is 0.772. The minimum Gasteiger partial charge on any atom is -0.480 e. The summed E-state index contributed by atoms with van der Waals surface area (Å²) in [6.45, 7) is 0. The van der Waals surface area contributed by atoms with Gasteiger partial charge in [-0.2, -0.15) is 0 Å². The first-order chi connectivity index (χ1) is 7.41. The van der Waals surface area contributed by atoms with Gasteiger partial charge in [0, 0.05) is 16.1 Å². The van der Waals surface area contributed by atoms with E-state index < -0.39 is 18.1 Å². The number of aliphatic carboxylic acids is 1. The zero-order valence-corrected chi connectivity index (χ0v) is 9.87. The number of hydrogen-bond donors (Lipinski definition) is 3. The van der Waals surface area contributed by atoms with E-state index in [1.807, 2.05) is 0 Å². The van der Waals surface area contributed by atoms with Crippen molar-refractivity contribution in [3.63, 3.8) is 0 Å². The predicted molar refractivity (Wildman–Crippen MR) is 63.6 cm³/mol. The van der Waals surface area contributed by atoms with Crippen molar-refractivity contribution in [3.05, 3.63) is 33.8 Å². The minimum atomic E-state index is -1.08. The Morgan fingerprint density at radius 2 is 2.00 bits per heavy atom. The number of carboxylic acids is 1. The molecule has 0 saturated carbocycles. The highest BCUT2D eigenvalue weighted by Crippen LogP contribution is 2.27. The van der Waals surface area contributed by atoms with Crippen molar-refractivity contribution in [2.24, 2.45) is 11.5 Å². The van der Waals surface area contributed by atoms with Gasteiger partial charge >= 0.3 is 5.97 Å². The Hall–Kier alpha value is -0.810. The Bertz CT molecular complexity index is 398. The number of halogens is 2. The summed E-state index contributed by atoms with van der Waals surface area (Å²) in [5.74, 6) is -1.08. The lowest BCUT2D eigenvalue weighted by Crippen LogP contribution is -2.33. The first kappa shape index (κ1) is 13.3. The summed E-state index contributed by atoms with van der Waals surface area (Å²) in [4.78, 5) is 10.6. The van der Waals surface area contributed by atoms with Gasteiger partial charge in [0.1, 0.15) is 6.04 Å². The Labute approximate surface area is 103 Å². The second-order valence-electron chi connectivity index (χ2n) is 3.45. The van der Waals surface area contributed by atoms with Crippen molar-refractivity contribution in [2.45, 2.75) is 18.5 Å². The van der Waals surface area contributed by atoms with Gasteiger partial charge in [0.05, 0.1) is 0 Å². The molecule has 1 aromatic carbocycles. The summed E-state index contributed by atoms with van der Waals surface area (Å²) >= 11 is 11.7. The molecule has 0 aromatic heterocycles. The molecule has 16 heavy (non-hydrogen) atoms. The Kier molecular flexibility index (Phi) is 4.56. The minimum absolute atomic E-state index is 0.122. The topological polar surface area (TPSA) is 89.3 Å². The molecule has 0 bridgehead atoms. The summed E-state index contributed by atoms with van der Waals surface area (Å²) in [5, 5.41) is 9.57. The van der Waals surface area contributed by atoms with Crippen LogP contribution in [0.4, 0.5) is 0 Å². The third-order valence-electron chi connectivity index (χ3n) is 2.19. The van der Waals surface area contributed by atoms with Crippen LogP contribution < -0.4 is 11.5 Å². The Morgan fingerprint density at radius 3 is 2.50 bits per heavy atom. The summed E-state index contributed by atoms with van der Waals surface area (Å²) in [6.07, 6.45) is 0.122. The standard InChI is InChI=1S/C10H12Cl2N2O2/c11-5-1-2-6(7(12)3-5)8(13)4-9(14)10(15)16/h1-3,8-9H,4,13-14H2,(H,15,16). The molecule has 4 nitrogen and oxygen atoms in total. The van der Waals surface area contributed by atoms with Crippen LogP contribution in [-0.4, -0.2) is 17.1 Å². The van der Waals surface area contributed by atoms with Gasteiger partial charge in [-0.3, -0.25) is 4.79 Å². The summed E-state index contributed by atoms with van der Waals surface area (Å²) in [7, 11) is 0. The molecule has 0 fully saturated rings. The van der Waals surface area contributed by atoms with E-state index in [-0.39, 0.29) is 6.42 Å². The van der Waals surface area contributed by atoms with Gasteiger partial charge < -0.3 is 16.6 Å². The van der Waals surface area contributed by atoms with Gasteiger partial charge in [-0.05, 0) is 24.1 Å². The maximum atomic E-state index is 10.6. The zero-order chi connectivity index (χ0) is 12.3. The highest BCUT2D eigenvalue weighted by molar-refractivity contribution is 6.35. The molecule has 0 aliphatic carbocycles. The van der Waals surface area contributed by atoms with E-state index in [0.717, 1.165) is 0 Å². The molecule has 0 heterocycles. The molecular weight excluding hydrogens is 251 g/mol. The van der Waals surface area contributed by atoms with Gasteiger partial charge in [-0.25, -0.2) is 0 Å². The SMILES string of the molecule is NC(CC(N)c1ccc(Cl)cc1Cl)C(=O)O. The van der Waals surface area contributed by atoms with Crippen LogP contribution in [0.3, 0.4) is 0 Å². The van der Waals surface area contributed by atoms with Gasteiger partial charge in [0.2, 0.25) is 0 Å². The first-order valence-electron chi connectivity index (χ1n) is 4.60. The van der Waals surface area contributed by atoms with Crippen LogP contribution in [0.15, 0.2) is 18.2 Å². The van der Waals surface area contributed by atoms with E-state index in [4.69, 9.17) is 39.8 Å². The van der Waals surface area contributed by atoms with E-state index in [2.05, 4.69) is 0 Å². The number of benzene rings is 1. The van der Waals surface area contributed by atoms with Gasteiger partial charge in [-0.15, -0.1) is 0 Å². The van der Waals surface area contributed by atoms with Crippen molar-refractivity contribution in [1.82, 2.24) is 0 Å². The molecule has 0 amide bonds. The fourth-order valence-corrected chi connectivity index (χ4v) is 1.85. The largest absolute Gasteiger partial charge is 0.480 e. The van der Waals surface area contributed by atoms with Crippen molar-refractivity contribution in [2.75, 3.05) is 0 Å². The van der Waals surface area contributed by atoms with Crippen molar-refractivity contribution in [1.29, 1.82) is 0 Å².